The monoisotopic (exact) mass is 222 g/mol. The fraction of sp³-hybridized carbons (Fsp3) is 0.833. The van der Waals surface area contributed by atoms with Crippen LogP contribution in [0.3, 0.4) is 0 Å². The molecule has 4 heteroatoms. The number of fused-ring (bicyclic) bond motifs is 1. The highest BCUT2D eigenvalue weighted by molar-refractivity contribution is 5.13. The van der Waals surface area contributed by atoms with Gasteiger partial charge in [-0.1, -0.05) is 31.4 Å². The standard InChI is InChI=1S/C12H22N4/c1-3-4-5-6-10(2)16-12-7-8-13-9-11(12)14-15-16/h10,13H,3-9H2,1-2H3. The van der Waals surface area contributed by atoms with Crippen molar-refractivity contribution in [2.45, 2.75) is 58.5 Å². The zero-order chi connectivity index (χ0) is 11.4. The summed E-state index contributed by atoms with van der Waals surface area (Å²) in [5, 5.41) is 11.9. The van der Waals surface area contributed by atoms with E-state index in [4.69, 9.17) is 0 Å². The van der Waals surface area contributed by atoms with E-state index in [1.165, 1.54) is 31.4 Å². The molecule has 0 saturated carbocycles. The van der Waals surface area contributed by atoms with E-state index in [0.717, 1.165) is 25.2 Å². The molecular weight excluding hydrogens is 200 g/mol. The van der Waals surface area contributed by atoms with Crippen molar-refractivity contribution in [2.24, 2.45) is 0 Å². The molecule has 1 unspecified atom stereocenters. The van der Waals surface area contributed by atoms with Crippen molar-refractivity contribution in [1.82, 2.24) is 20.3 Å². The fourth-order valence-corrected chi connectivity index (χ4v) is 2.32. The molecule has 2 rings (SSSR count). The smallest absolute Gasteiger partial charge is 0.0997 e. The van der Waals surface area contributed by atoms with Gasteiger partial charge in [-0.2, -0.15) is 0 Å². The van der Waals surface area contributed by atoms with Gasteiger partial charge < -0.3 is 5.32 Å². The van der Waals surface area contributed by atoms with Gasteiger partial charge in [-0.15, -0.1) is 5.10 Å². The van der Waals surface area contributed by atoms with Crippen molar-refractivity contribution in [3.63, 3.8) is 0 Å². The fourth-order valence-electron chi connectivity index (χ4n) is 2.32. The van der Waals surface area contributed by atoms with E-state index in [1.807, 2.05) is 0 Å². The lowest BCUT2D eigenvalue weighted by Crippen LogP contribution is -2.25. The Hall–Kier alpha value is -0.900. The van der Waals surface area contributed by atoms with Crippen LogP contribution in [0.5, 0.6) is 0 Å². The second-order valence-electron chi connectivity index (χ2n) is 4.70. The van der Waals surface area contributed by atoms with E-state index < -0.39 is 0 Å². The molecule has 1 aliphatic heterocycles. The molecule has 0 radical (unpaired) electrons. The van der Waals surface area contributed by atoms with Gasteiger partial charge in [-0.25, -0.2) is 4.68 Å². The molecule has 0 spiro atoms. The Bertz CT molecular complexity index is 332. The van der Waals surface area contributed by atoms with Crippen LogP contribution in [0.4, 0.5) is 0 Å². The Morgan fingerprint density at radius 3 is 3.12 bits per heavy atom. The molecule has 0 fully saturated rings. The topological polar surface area (TPSA) is 42.7 Å². The Morgan fingerprint density at radius 2 is 2.31 bits per heavy atom. The lowest BCUT2D eigenvalue weighted by Gasteiger charge is -2.17. The molecule has 1 atom stereocenters. The second-order valence-corrected chi connectivity index (χ2v) is 4.70. The van der Waals surface area contributed by atoms with E-state index in [1.54, 1.807) is 0 Å². The van der Waals surface area contributed by atoms with Crippen LogP contribution in [0, 0.1) is 0 Å². The van der Waals surface area contributed by atoms with Crippen LogP contribution in [-0.2, 0) is 13.0 Å². The average Bonchev–Trinajstić information content (AvgIpc) is 2.73. The van der Waals surface area contributed by atoms with Crippen molar-refractivity contribution in [3.05, 3.63) is 11.4 Å². The molecule has 2 heterocycles. The highest BCUT2D eigenvalue weighted by Crippen LogP contribution is 2.19. The third-order valence-electron chi connectivity index (χ3n) is 3.35. The molecule has 1 aromatic rings. The predicted octanol–water partition coefficient (Wildman–Crippen LogP) is 2.07. The molecule has 0 aromatic carbocycles. The summed E-state index contributed by atoms with van der Waals surface area (Å²) in [6, 6.07) is 0.501. The minimum atomic E-state index is 0.501. The largest absolute Gasteiger partial charge is 0.311 e. The van der Waals surface area contributed by atoms with Crippen LogP contribution in [0.1, 0.15) is 57.0 Å². The third kappa shape index (κ3) is 2.43. The number of aromatic nitrogens is 3. The Labute approximate surface area is 97.4 Å². The molecule has 16 heavy (non-hydrogen) atoms. The quantitative estimate of drug-likeness (QED) is 0.775. The van der Waals surface area contributed by atoms with Crippen LogP contribution < -0.4 is 5.32 Å². The van der Waals surface area contributed by atoms with Crippen LogP contribution in [0.2, 0.25) is 0 Å². The summed E-state index contributed by atoms with van der Waals surface area (Å²) in [6.07, 6.45) is 6.19. The lowest BCUT2D eigenvalue weighted by molar-refractivity contribution is 0.413. The van der Waals surface area contributed by atoms with Crippen molar-refractivity contribution >= 4 is 0 Å². The van der Waals surface area contributed by atoms with Gasteiger partial charge in [0.2, 0.25) is 0 Å². The zero-order valence-electron chi connectivity index (χ0n) is 10.4. The minimum absolute atomic E-state index is 0.501. The molecule has 90 valence electrons. The first kappa shape index (κ1) is 11.6. The van der Waals surface area contributed by atoms with Crippen LogP contribution in [-0.4, -0.2) is 21.5 Å². The number of hydrogen-bond donors (Lipinski definition) is 1. The molecular formula is C12H22N4. The van der Waals surface area contributed by atoms with Crippen molar-refractivity contribution < 1.29 is 0 Å². The summed E-state index contributed by atoms with van der Waals surface area (Å²) in [4.78, 5) is 0. The van der Waals surface area contributed by atoms with Crippen LogP contribution >= 0.6 is 0 Å². The van der Waals surface area contributed by atoms with Gasteiger partial charge in [-0.05, 0) is 13.3 Å². The number of nitrogens with one attached hydrogen (secondary N) is 1. The minimum Gasteiger partial charge on any atom is -0.311 e. The number of nitrogens with zero attached hydrogens (tertiary/aromatic N) is 3. The molecule has 1 N–H and O–H groups in total. The highest BCUT2D eigenvalue weighted by atomic mass is 15.4. The van der Waals surface area contributed by atoms with E-state index in [0.29, 0.717) is 6.04 Å². The average molecular weight is 222 g/mol. The number of hydrogen-bond acceptors (Lipinski definition) is 3. The van der Waals surface area contributed by atoms with Gasteiger partial charge in [0.15, 0.2) is 0 Å². The summed E-state index contributed by atoms with van der Waals surface area (Å²) in [5.41, 5.74) is 2.50. The Morgan fingerprint density at radius 1 is 1.44 bits per heavy atom. The third-order valence-corrected chi connectivity index (χ3v) is 3.35. The second kappa shape index (κ2) is 5.43. The van der Waals surface area contributed by atoms with Gasteiger partial charge in [0.25, 0.3) is 0 Å². The van der Waals surface area contributed by atoms with Crippen LogP contribution in [0.15, 0.2) is 0 Å². The maximum absolute atomic E-state index is 4.30. The SMILES string of the molecule is CCCCCC(C)n1nnc2c1CCNC2. The zero-order valence-corrected chi connectivity index (χ0v) is 10.4. The highest BCUT2D eigenvalue weighted by Gasteiger charge is 2.19. The molecule has 0 bridgehead atoms. The Balaban J connectivity index is 1.99. The van der Waals surface area contributed by atoms with E-state index in [9.17, 15) is 0 Å². The summed E-state index contributed by atoms with van der Waals surface area (Å²) in [6.45, 7) is 6.44. The van der Waals surface area contributed by atoms with Gasteiger partial charge in [0.1, 0.15) is 0 Å². The number of rotatable bonds is 5. The summed E-state index contributed by atoms with van der Waals surface area (Å²) >= 11 is 0. The summed E-state index contributed by atoms with van der Waals surface area (Å²) < 4.78 is 2.14. The molecule has 1 aliphatic rings. The van der Waals surface area contributed by atoms with Crippen LogP contribution in [0.25, 0.3) is 0 Å². The molecule has 4 nitrogen and oxygen atoms in total. The molecule has 1 aromatic heterocycles. The van der Waals surface area contributed by atoms with Crippen molar-refractivity contribution in [1.29, 1.82) is 0 Å². The van der Waals surface area contributed by atoms with Gasteiger partial charge in [0.05, 0.1) is 17.4 Å². The molecule has 0 saturated heterocycles. The van der Waals surface area contributed by atoms with Crippen molar-refractivity contribution in [2.75, 3.05) is 6.54 Å². The van der Waals surface area contributed by atoms with E-state index in [2.05, 4.69) is 34.2 Å². The lowest BCUT2D eigenvalue weighted by atomic mass is 10.1. The first-order chi connectivity index (χ1) is 7.83. The maximum atomic E-state index is 4.30. The molecule has 0 amide bonds. The molecule has 0 aliphatic carbocycles. The summed E-state index contributed by atoms with van der Waals surface area (Å²) in [5.74, 6) is 0. The van der Waals surface area contributed by atoms with Gasteiger partial charge in [0, 0.05) is 19.5 Å². The van der Waals surface area contributed by atoms with Gasteiger partial charge in [-0.3, -0.25) is 0 Å². The van der Waals surface area contributed by atoms with Gasteiger partial charge >= 0.3 is 0 Å². The maximum Gasteiger partial charge on any atom is 0.0997 e. The normalized spacial score (nSPS) is 17.1. The first-order valence-electron chi connectivity index (χ1n) is 6.46. The first-order valence-corrected chi connectivity index (χ1v) is 6.46. The van der Waals surface area contributed by atoms with Crippen molar-refractivity contribution in [3.8, 4) is 0 Å². The van der Waals surface area contributed by atoms with E-state index in [-0.39, 0.29) is 0 Å². The predicted molar refractivity (Wildman–Crippen MR) is 64.3 cm³/mol. The summed E-state index contributed by atoms with van der Waals surface area (Å²) in [7, 11) is 0. The van der Waals surface area contributed by atoms with E-state index >= 15 is 0 Å². The Kier molecular flexibility index (Phi) is 3.93. The number of unbranched alkanes of at least 4 members (excludes halogenated alkanes) is 2.